The molecule has 0 amide bonds. The van der Waals surface area contributed by atoms with E-state index in [9.17, 15) is 0 Å². The first kappa shape index (κ1) is 87.9. The number of hydrogen-bond donors (Lipinski definition) is 0. The van der Waals surface area contributed by atoms with Crippen molar-refractivity contribution in [2.75, 3.05) is 50.5 Å². The Morgan fingerprint density at radius 2 is 0.312 bits per heavy atom. The quantitative estimate of drug-likeness (QED) is 0.0524. The molecule has 0 aromatic heterocycles. The maximum atomic E-state index is 2.33. The van der Waals surface area contributed by atoms with Crippen LogP contribution < -0.4 is 29.4 Å². The van der Waals surface area contributed by atoms with Gasteiger partial charge in [0.2, 0.25) is 0 Å². The molecule has 0 bridgehead atoms. The predicted molar refractivity (Wildman–Crippen MR) is 605 cm³/mol. The van der Waals surface area contributed by atoms with Crippen molar-refractivity contribution in [1.29, 1.82) is 0 Å². The highest BCUT2D eigenvalue weighted by atomic mass is 15.2. The van der Waals surface area contributed by atoms with Crippen molar-refractivity contribution in [3.63, 3.8) is 0 Å². The first-order valence-electron chi connectivity index (χ1n) is 48.2. The fourth-order valence-electron chi connectivity index (χ4n) is 19.6. The van der Waals surface area contributed by atoms with Crippen molar-refractivity contribution in [3.8, 4) is 66.8 Å². The number of nitrogens with zero attached hydrogens (tertiary/aromatic N) is 6. The Balaban J connectivity index is 0.000000121. The Labute approximate surface area is 825 Å². The van der Waals surface area contributed by atoms with Gasteiger partial charge in [-0.2, -0.15) is 0 Å². The molecule has 0 fully saturated rings. The summed E-state index contributed by atoms with van der Waals surface area (Å²) < 4.78 is 0. The molecule has 0 N–H and O–H groups in total. The van der Waals surface area contributed by atoms with Crippen LogP contribution in [0, 0.1) is 0 Å². The van der Waals surface area contributed by atoms with E-state index in [0.717, 1.165) is 73.9 Å². The van der Waals surface area contributed by atoms with Gasteiger partial charge in [0.25, 0.3) is 0 Å². The zero-order chi connectivity index (χ0) is 94.7. The van der Waals surface area contributed by atoms with Crippen molar-refractivity contribution < 1.29 is 0 Å². The van der Waals surface area contributed by atoms with E-state index in [1.165, 1.54) is 143 Å². The lowest BCUT2D eigenvalue weighted by Crippen LogP contribution is -2.12. The molecule has 0 saturated heterocycles. The largest absolute Gasteiger partial charge is 0.345 e. The van der Waals surface area contributed by atoms with Crippen LogP contribution in [0.5, 0.6) is 0 Å². The van der Waals surface area contributed by atoms with Crippen LogP contribution in [0.4, 0.5) is 85.3 Å². The number of hydrogen-bond acceptors (Lipinski definition) is 6. The second kappa shape index (κ2) is 40.3. The molecule has 0 heterocycles. The van der Waals surface area contributed by atoms with E-state index < -0.39 is 0 Å². The van der Waals surface area contributed by atoms with E-state index in [2.05, 4.69) is 615 Å². The van der Waals surface area contributed by atoms with Gasteiger partial charge in [-0.15, -0.1) is 0 Å². The van der Waals surface area contributed by atoms with Gasteiger partial charge >= 0.3 is 0 Å². The molecule has 24 rings (SSSR count). The highest BCUT2D eigenvalue weighted by molar-refractivity contribution is 6.15. The van der Waals surface area contributed by atoms with Crippen LogP contribution in [0.1, 0.15) is 0 Å². The Bertz CT molecular complexity index is 8090. The highest BCUT2D eigenvalue weighted by Crippen LogP contribution is 2.47. The van der Waals surface area contributed by atoms with Gasteiger partial charge in [-0.1, -0.05) is 382 Å². The third-order valence-corrected chi connectivity index (χ3v) is 27.1. The summed E-state index contributed by atoms with van der Waals surface area (Å²) in [6.07, 6.45) is 0. The number of anilines is 15. The fourth-order valence-corrected chi connectivity index (χ4v) is 19.6. The molecule has 24 aromatic rings. The molecule has 0 unspecified atom stereocenters. The zero-order valence-electron chi connectivity index (χ0n) is 78.9. The summed E-state index contributed by atoms with van der Waals surface area (Å²) in [6, 6.07) is 202. The van der Waals surface area contributed by atoms with Crippen LogP contribution in [0.15, 0.2) is 564 Å². The topological polar surface area (TPSA) is 19.4 Å². The van der Waals surface area contributed by atoms with Crippen LogP contribution in [0.25, 0.3) is 131 Å². The second-order valence-corrected chi connectivity index (χ2v) is 35.8. The summed E-state index contributed by atoms with van der Waals surface area (Å²) in [5.74, 6) is 0. The molecule has 6 heteroatoms. The van der Waals surface area contributed by atoms with Crippen molar-refractivity contribution in [2.45, 2.75) is 0 Å². The standard InChI is InChI=1S/3C45H34N2/c1-46(45-43-18-10-8-16-37(43)32-38-17-9-11-19-44(38)45)39-28-30-42(31-29-39)47(40-24-20-35(21-25-40)33-12-4-2-5-13-33)41-26-22-36(23-27-41)34-14-6-3-7-15-34;1-46(45-32-37-16-8-9-17-42(37)43-18-10-11-19-44(43)45)38-28-30-41(31-29-38)47(39-24-20-35(21-25-39)33-12-4-2-5-13-33)40-26-22-36(23-27-40)34-14-6-3-7-15-34;1-46(45-25-20-39-30-37-14-8-9-15-38(37)31-40(39)32-45)41-26-28-44(29-27-41)47(42-21-16-35(17-22-42)33-10-4-2-5-11-33)43-23-18-36(19-24-43)34-12-6-3-7-13-34/h3*2-32H,1H3. The molecule has 0 atom stereocenters. The molecular weight excluding hydrogens is 1710 g/mol. The molecule has 0 saturated carbocycles. The van der Waals surface area contributed by atoms with Gasteiger partial charge in [0.15, 0.2) is 0 Å². The maximum Gasteiger partial charge on any atom is 0.0567 e. The summed E-state index contributed by atoms with van der Waals surface area (Å²) in [6.45, 7) is 0. The van der Waals surface area contributed by atoms with Gasteiger partial charge in [0.05, 0.1) is 5.69 Å². The lowest BCUT2D eigenvalue weighted by molar-refractivity contribution is 1.21. The normalized spacial score (nSPS) is 11.1. The van der Waals surface area contributed by atoms with Crippen LogP contribution in [-0.2, 0) is 0 Å². The zero-order valence-corrected chi connectivity index (χ0v) is 78.9. The average molecular weight is 1810 g/mol. The fraction of sp³-hybridized carbons (Fsp3) is 0.0222. The molecule has 24 aromatic carbocycles. The predicted octanol–water partition coefficient (Wildman–Crippen LogP) is 37.7. The van der Waals surface area contributed by atoms with Crippen molar-refractivity contribution in [2.24, 2.45) is 0 Å². The summed E-state index contributed by atoms with van der Waals surface area (Å²) in [5, 5.41) is 15.1. The van der Waals surface area contributed by atoms with E-state index in [1.807, 2.05) is 0 Å². The van der Waals surface area contributed by atoms with Crippen LogP contribution >= 0.6 is 0 Å². The van der Waals surface area contributed by atoms with Gasteiger partial charge in [-0.05, 0) is 297 Å². The minimum absolute atomic E-state index is 1.10. The number of rotatable bonds is 21. The van der Waals surface area contributed by atoms with Gasteiger partial charge in [0.1, 0.15) is 0 Å². The van der Waals surface area contributed by atoms with E-state index in [1.54, 1.807) is 0 Å². The van der Waals surface area contributed by atoms with Gasteiger partial charge in [0, 0.05) is 117 Å². The Hall–Kier alpha value is -18.4. The Kier molecular flexibility index (Phi) is 25.1. The number of benzene rings is 24. The molecule has 0 aliphatic heterocycles. The molecule has 0 spiro atoms. The maximum absolute atomic E-state index is 2.33. The number of fused-ring (bicyclic) bond motifs is 7. The molecule has 0 radical (unpaired) electrons. The summed E-state index contributed by atoms with van der Waals surface area (Å²) in [4.78, 5) is 13.9. The minimum atomic E-state index is 1.10. The van der Waals surface area contributed by atoms with Crippen LogP contribution in [-0.4, -0.2) is 21.1 Å². The SMILES string of the molecule is CN(c1ccc(N(c2ccc(-c3ccccc3)cc2)c2ccc(-c3ccccc3)cc2)cc1)c1c2ccccc2cc2ccccc12.CN(c1ccc(N(c2ccc(-c3ccccc3)cc2)c2ccc(-c3ccccc3)cc2)cc1)c1cc2ccccc2c2ccccc12.CN(c1ccc(N(c2ccc(-c3ccccc3)cc2)c2ccc(-c3ccccc3)cc2)cc1)c1ccc2cc3ccccc3cc2c1. The molecule has 0 aliphatic carbocycles. The summed E-state index contributed by atoms with van der Waals surface area (Å²) in [5.41, 5.74) is 31.4. The van der Waals surface area contributed by atoms with Crippen molar-refractivity contribution in [1.82, 2.24) is 0 Å². The van der Waals surface area contributed by atoms with Gasteiger partial charge in [-0.25, -0.2) is 0 Å². The van der Waals surface area contributed by atoms with Crippen LogP contribution in [0.3, 0.4) is 0 Å². The Morgan fingerprint density at radius 3 is 0.624 bits per heavy atom. The summed E-state index contributed by atoms with van der Waals surface area (Å²) in [7, 11) is 6.47. The van der Waals surface area contributed by atoms with E-state index in [4.69, 9.17) is 0 Å². The Morgan fingerprint density at radius 1 is 0.113 bits per heavy atom. The monoisotopic (exact) mass is 1810 g/mol. The molecule has 672 valence electrons. The molecular formula is C135H102N6. The third kappa shape index (κ3) is 18.9. The van der Waals surface area contributed by atoms with Crippen LogP contribution in [0.2, 0.25) is 0 Å². The smallest absolute Gasteiger partial charge is 0.0567 e. The lowest BCUT2D eigenvalue weighted by Gasteiger charge is -2.28. The summed E-state index contributed by atoms with van der Waals surface area (Å²) >= 11 is 0. The average Bonchev–Trinajstić information content (AvgIpc) is 0.762. The lowest BCUT2D eigenvalue weighted by atomic mass is 9.99. The van der Waals surface area contributed by atoms with Crippen molar-refractivity contribution in [3.05, 3.63) is 564 Å². The van der Waals surface area contributed by atoms with Gasteiger partial charge in [-0.3, -0.25) is 0 Å². The van der Waals surface area contributed by atoms with E-state index in [0.29, 0.717) is 0 Å². The molecule has 141 heavy (non-hydrogen) atoms. The molecule has 0 aliphatic rings. The highest BCUT2D eigenvalue weighted by Gasteiger charge is 2.22. The second-order valence-electron chi connectivity index (χ2n) is 35.8. The van der Waals surface area contributed by atoms with E-state index >= 15 is 0 Å². The van der Waals surface area contributed by atoms with Crippen molar-refractivity contribution >= 4 is 150 Å². The first-order valence-corrected chi connectivity index (χ1v) is 48.2. The third-order valence-electron chi connectivity index (χ3n) is 27.1. The van der Waals surface area contributed by atoms with E-state index in [-0.39, 0.29) is 0 Å². The molecule has 6 nitrogen and oxygen atoms in total. The first-order chi connectivity index (χ1) is 69.6. The van der Waals surface area contributed by atoms with Gasteiger partial charge < -0.3 is 29.4 Å². The minimum Gasteiger partial charge on any atom is -0.345 e.